The Hall–Kier alpha value is -4.06. The minimum atomic E-state index is -0.338. The van der Waals surface area contributed by atoms with E-state index >= 15 is 0 Å². The summed E-state index contributed by atoms with van der Waals surface area (Å²) >= 11 is 0. The fourth-order valence-electron chi connectivity index (χ4n) is 3.61. The molecule has 6 nitrogen and oxygen atoms in total. The van der Waals surface area contributed by atoms with Crippen molar-refractivity contribution >= 4 is 17.6 Å². The van der Waals surface area contributed by atoms with Gasteiger partial charge in [-0.2, -0.15) is 9.97 Å². The van der Waals surface area contributed by atoms with Crippen molar-refractivity contribution in [2.45, 2.75) is 33.6 Å². The smallest absolute Gasteiger partial charge is 0.338 e. The number of rotatable bonds is 8. The highest BCUT2D eigenvalue weighted by Gasteiger charge is 2.11. The lowest BCUT2D eigenvalue weighted by Gasteiger charge is -2.10. The first kappa shape index (κ1) is 23.1. The van der Waals surface area contributed by atoms with Crippen molar-refractivity contribution in [1.29, 1.82) is 0 Å². The van der Waals surface area contributed by atoms with E-state index in [9.17, 15) is 4.79 Å². The molecule has 172 valence electrons. The summed E-state index contributed by atoms with van der Waals surface area (Å²) in [6, 6.07) is 23.8. The van der Waals surface area contributed by atoms with Crippen LogP contribution in [0.2, 0.25) is 0 Å². The summed E-state index contributed by atoms with van der Waals surface area (Å²) in [6.07, 6.45) is 1.22. The Balaban J connectivity index is 1.60. The largest absolute Gasteiger partial charge is 0.462 e. The van der Waals surface area contributed by atoms with E-state index in [0.717, 1.165) is 16.8 Å². The van der Waals surface area contributed by atoms with E-state index in [-0.39, 0.29) is 5.97 Å². The number of carbonyl (C=O) groups excluding carboxylic acids is 1. The van der Waals surface area contributed by atoms with Gasteiger partial charge in [-0.1, -0.05) is 59.7 Å². The monoisotopic (exact) mass is 452 g/mol. The first-order chi connectivity index (χ1) is 16.5. The van der Waals surface area contributed by atoms with Gasteiger partial charge < -0.3 is 10.1 Å². The van der Waals surface area contributed by atoms with Crippen LogP contribution in [0.1, 0.15) is 51.2 Å². The van der Waals surface area contributed by atoms with Gasteiger partial charge in [-0.3, -0.25) is 0 Å². The fraction of sp³-hybridized carbons (Fsp3) is 0.214. The van der Waals surface area contributed by atoms with Crippen LogP contribution in [0, 0.1) is 13.8 Å². The summed E-state index contributed by atoms with van der Waals surface area (Å²) in [7, 11) is 0. The Labute approximate surface area is 200 Å². The maximum atomic E-state index is 11.9. The van der Waals surface area contributed by atoms with Crippen LogP contribution >= 0.6 is 0 Å². The standard InChI is InChI=1S/C28H28N4O2/c1-4-34-27(33)23-12-14-24(15-13-23)29-28-31-25(17-21-10-8-19(2)9-11-21)30-26(32-28)18-22-7-5-6-20(3)16-22/h5-16H,4,17-18H2,1-3H3,(H,29,30,31,32). The Morgan fingerprint density at radius 2 is 1.47 bits per heavy atom. The number of anilines is 2. The number of benzene rings is 3. The molecule has 0 aliphatic carbocycles. The lowest BCUT2D eigenvalue weighted by atomic mass is 10.1. The third kappa shape index (κ3) is 6.25. The van der Waals surface area contributed by atoms with Crippen LogP contribution in [0.4, 0.5) is 11.6 Å². The van der Waals surface area contributed by atoms with Gasteiger partial charge in [-0.15, -0.1) is 0 Å². The first-order valence-electron chi connectivity index (χ1n) is 11.4. The predicted molar refractivity (Wildman–Crippen MR) is 133 cm³/mol. The molecule has 1 heterocycles. The number of aryl methyl sites for hydroxylation is 2. The molecule has 1 N–H and O–H groups in total. The van der Waals surface area contributed by atoms with Crippen molar-refractivity contribution < 1.29 is 9.53 Å². The van der Waals surface area contributed by atoms with E-state index in [1.165, 1.54) is 11.1 Å². The van der Waals surface area contributed by atoms with Crippen LogP contribution in [0.25, 0.3) is 0 Å². The molecular weight excluding hydrogens is 424 g/mol. The van der Waals surface area contributed by atoms with Crippen LogP contribution in [0.15, 0.2) is 72.8 Å². The van der Waals surface area contributed by atoms with Crippen molar-refractivity contribution in [3.63, 3.8) is 0 Å². The summed E-state index contributed by atoms with van der Waals surface area (Å²) in [5.41, 5.74) is 5.99. The third-order valence-corrected chi connectivity index (χ3v) is 5.31. The second-order valence-corrected chi connectivity index (χ2v) is 8.24. The number of hydrogen-bond acceptors (Lipinski definition) is 6. The molecule has 0 aliphatic heterocycles. The van der Waals surface area contributed by atoms with Gasteiger partial charge in [0.25, 0.3) is 0 Å². The first-order valence-corrected chi connectivity index (χ1v) is 11.4. The van der Waals surface area contributed by atoms with Gasteiger partial charge >= 0.3 is 5.97 Å². The molecule has 4 rings (SSSR count). The summed E-state index contributed by atoms with van der Waals surface area (Å²) in [5, 5.41) is 3.26. The Morgan fingerprint density at radius 1 is 0.794 bits per heavy atom. The van der Waals surface area contributed by atoms with E-state index in [0.29, 0.717) is 42.6 Å². The molecule has 0 saturated carbocycles. The van der Waals surface area contributed by atoms with Crippen LogP contribution in [0.5, 0.6) is 0 Å². The third-order valence-electron chi connectivity index (χ3n) is 5.31. The zero-order valence-corrected chi connectivity index (χ0v) is 19.7. The molecule has 6 heteroatoms. The van der Waals surface area contributed by atoms with E-state index < -0.39 is 0 Å². The lowest BCUT2D eigenvalue weighted by Crippen LogP contribution is -2.09. The van der Waals surface area contributed by atoms with E-state index in [1.54, 1.807) is 19.1 Å². The topological polar surface area (TPSA) is 77.0 Å². The van der Waals surface area contributed by atoms with Gasteiger partial charge in [0.15, 0.2) is 0 Å². The van der Waals surface area contributed by atoms with Crippen LogP contribution in [-0.4, -0.2) is 27.5 Å². The molecule has 0 atom stereocenters. The fourth-order valence-corrected chi connectivity index (χ4v) is 3.61. The zero-order chi connectivity index (χ0) is 23.9. The summed E-state index contributed by atoms with van der Waals surface area (Å²) in [4.78, 5) is 26.0. The maximum absolute atomic E-state index is 11.9. The van der Waals surface area contributed by atoms with Gasteiger partial charge in [-0.25, -0.2) is 9.78 Å². The number of esters is 1. The Morgan fingerprint density at radius 3 is 2.12 bits per heavy atom. The van der Waals surface area contributed by atoms with Crippen molar-refractivity contribution in [3.8, 4) is 0 Å². The number of hydrogen-bond donors (Lipinski definition) is 1. The second-order valence-electron chi connectivity index (χ2n) is 8.24. The SMILES string of the molecule is CCOC(=O)c1ccc(Nc2nc(Cc3ccc(C)cc3)nc(Cc3cccc(C)c3)n2)cc1. The molecule has 0 amide bonds. The minimum absolute atomic E-state index is 0.338. The summed E-state index contributed by atoms with van der Waals surface area (Å²) in [6.45, 7) is 6.28. The predicted octanol–water partition coefficient (Wildman–Crippen LogP) is 5.59. The molecular formula is C28H28N4O2. The van der Waals surface area contributed by atoms with E-state index in [2.05, 4.69) is 71.6 Å². The number of aromatic nitrogens is 3. The van der Waals surface area contributed by atoms with Crippen LogP contribution in [-0.2, 0) is 17.6 Å². The highest BCUT2D eigenvalue weighted by Crippen LogP contribution is 2.18. The second kappa shape index (κ2) is 10.7. The molecule has 0 bridgehead atoms. The number of nitrogens with one attached hydrogen (secondary N) is 1. The molecule has 0 unspecified atom stereocenters. The number of ether oxygens (including phenoxy) is 1. The molecule has 3 aromatic carbocycles. The highest BCUT2D eigenvalue weighted by atomic mass is 16.5. The highest BCUT2D eigenvalue weighted by molar-refractivity contribution is 5.89. The Kier molecular flexibility index (Phi) is 7.28. The summed E-state index contributed by atoms with van der Waals surface area (Å²) in [5.74, 6) is 1.54. The quantitative estimate of drug-likeness (QED) is 0.351. The van der Waals surface area contributed by atoms with Crippen molar-refractivity contribution in [1.82, 2.24) is 15.0 Å². The average Bonchev–Trinajstić information content (AvgIpc) is 2.81. The van der Waals surface area contributed by atoms with Crippen molar-refractivity contribution in [3.05, 3.63) is 112 Å². The molecule has 34 heavy (non-hydrogen) atoms. The Bertz CT molecular complexity index is 1270. The van der Waals surface area contributed by atoms with Gasteiger partial charge in [0.05, 0.1) is 12.2 Å². The van der Waals surface area contributed by atoms with Gasteiger partial charge in [0, 0.05) is 18.5 Å². The van der Waals surface area contributed by atoms with Gasteiger partial charge in [0.2, 0.25) is 5.95 Å². The van der Waals surface area contributed by atoms with E-state index in [4.69, 9.17) is 9.72 Å². The number of carbonyl (C=O) groups is 1. The lowest BCUT2D eigenvalue weighted by molar-refractivity contribution is 0.0526. The van der Waals surface area contributed by atoms with Crippen LogP contribution < -0.4 is 5.32 Å². The van der Waals surface area contributed by atoms with Crippen molar-refractivity contribution in [2.75, 3.05) is 11.9 Å². The molecule has 0 radical (unpaired) electrons. The van der Waals surface area contributed by atoms with Gasteiger partial charge in [0.1, 0.15) is 11.6 Å². The van der Waals surface area contributed by atoms with Crippen molar-refractivity contribution in [2.24, 2.45) is 0 Å². The van der Waals surface area contributed by atoms with Crippen LogP contribution in [0.3, 0.4) is 0 Å². The molecule has 0 saturated heterocycles. The zero-order valence-electron chi connectivity index (χ0n) is 19.7. The number of nitrogens with zero attached hydrogens (tertiary/aromatic N) is 3. The summed E-state index contributed by atoms with van der Waals surface area (Å²) < 4.78 is 5.05. The van der Waals surface area contributed by atoms with E-state index in [1.807, 2.05) is 18.2 Å². The minimum Gasteiger partial charge on any atom is -0.462 e. The normalized spacial score (nSPS) is 10.7. The van der Waals surface area contributed by atoms with Gasteiger partial charge in [-0.05, 0) is 56.2 Å². The molecule has 1 aromatic heterocycles. The average molecular weight is 453 g/mol. The maximum Gasteiger partial charge on any atom is 0.338 e. The molecule has 0 aliphatic rings. The molecule has 0 spiro atoms. The molecule has 0 fully saturated rings. The molecule has 4 aromatic rings.